The van der Waals surface area contributed by atoms with Gasteiger partial charge in [-0.3, -0.25) is 0 Å². The van der Waals surface area contributed by atoms with E-state index in [2.05, 4.69) is 48.0 Å². The van der Waals surface area contributed by atoms with Crippen molar-refractivity contribution in [1.29, 1.82) is 5.26 Å². The van der Waals surface area contributed by atoms with Crippen molar-refractivity contribution in [2.24, 2.45) is 5.92 Å². The van der Waals surface area contributed by atoms with Crippen LogP contribution in [0.1, 0.15) is 78.5 Å². The molecule has 0 amide bonds. The third kappa shape index (κ3) is 4.20. The molecule has 0 spiro atoms. The zero-order valence-corrected chi connectivity index (χ0v) is 18.3. The van der Waals surface area contributed by atoms with Gasteiger partial charge in [-0.1, -0.05) is 13.0 Å². The fourth-order valence-electron chi connectivity index (χ4n) is 5.15. The summed E-state index contributed by atoms with van der Waals surface area (Å²) in [5, 5.41) is 21.3. The number of benzene rings is 1. The van der Waals surface area contributed by atoms with Gasteiger partial charge in [-0.05, 0) is 81.0 Å². The van der Waals surface area contributed by atoms with E-state index in [-0.39, 0.29) is 18.1 Å². The maximum Gasteiger partial charge on any atom is 0.0927 e. The van der Waals surface area contributed by atoms with Gasteiger partial charge in [0.05, 0.1) is 23.1 Å². The molecule has 4 nitrogen and oxygen atoms in total. The molecule has 1 aromatic carbocycles. The Bertz CT molecular complexity index is 886. The van der Waals surface area contributed by atoms with Gasteiger partial charge in [0.1, 0.15) is 0 Å². The molecule has 2 aliphatic rings. The maximum atomic E-state index is 10.4. The smallest absolute Gasteiger partial charge is 0.0927 e. The third-order valence-corrected chi connectivity index (χ3v) is 7.73. The monoisotopic (exact) mass is 409 g/mol. The molecule has 4 rings (SSSR count). The molecule has 1 aliphatic carbocycles. The van der Waals surface area contributed by atoms with Crippen LogP contribution in [-0.4, -0.2) is 22.7 Å². The highest BCUT2D eigenvalue weighted by atomic mass is 32.1. The Morgan fingerprint density at radius 3 is 2.86 bits per heavy atom. The minimum absolute atomic E-state index is 0.0941. The Labute approximate surface area is 178 Å². The van der Waals surface area contributed by atoms with Gasteiger partial charge >= 0.3 is 0 Å². The van der Waals surface area contributed by atoms with E-state index in [0.717, 1.165) is 57.1 Å². The minimum Gasteiger partial charge on any atom is -0.388 e. The predicted molar refractivity (Wildman–Crippen MR) is 118 cm³/mol. The van der Waals surface area contributed by atoms with Crippen LogP contribution < -0.4 is 4.90 Å². The van der Waals surface area contributed by atoms with Crippen molar-refractivity contribution in [2.45, 2.75) is 76.9 Å². The summed E-state index contributed by atoms with van der Waals surface area (Å²) >= 11 is 1.78. The second kappa shape index (κ2) is 8.85. The van der Waals surface area contributed by atoms with E-state index in [1.165, 1.54) is 21.1 Å². The molecule has 1 aromatic heterocycles. The van der Waals surface area contributed by atoms with Crippen molar-refractivity contribution in [3.05, 3.63) is 45.4 Å². The lowest BCUT2D eigenvalue weighted by molar-refractivity contribution is 0.150. The molecule has 2 heterocycles. The van der Waals surface area contributed by atoms with Crippen LogP contribution in [0.3, 0.4) is 0 Å². The number of hydrogen-bond acceptors (Lipinski definition) is 5. The van der Waals surface area contributed by atoms with Gasteiger partial charge in [-0.15, -0.1) is 11.3 Å². The highest BCUT2D eigenvalue weighted by molar-refractivity contribution is 7.11. The number of anilines is 1. The number of hydrogen-bond donors (Lipinski definition) is 1. The van der Waals surface area contributed by atoms with Crippen molar-refractivity contribution in [3.63, 3.8) is 0 Å². The summed E-state index contributed by atoms with van der Waals surface area (Å²) in [6.07, 6.45) is 8.68. The molecular formula is C24H31N3OS. The molecule has 154 valence electrons. The van der Waals surface area contributed by atoms with Crippen LogP contribution in [0.5, 0.6) is 0 Å². The average Bonchev–Trinajstić information content (AvgIpc) is 3.34. The summed E-state index contributed by atoms with van der Waals surface area (Å²) in [6.45, 7) is 5.28. The van der Waals surface area contributed by atoms with Gasteiger partial charge in [0.15, 0.2) is 0 Å². The zero-order valence-electron chi connectivity index (χ0n) is 17.5. The molecular weight excluding hydrogens is 378 g/mol. The summed E-state index contributed by atoms with van der Waals surface area (Å²) in [5.74, 6) is 0.630. The van der Waals surface area contributed by atoms with Crippen molar-refractivity contribution >= 4 is 17.0 Å². The van der Waals surface area contributed by atoms with Crippen LogP contribution in [0.4, 0.5) is 5.69 Å². The molecule has 0 radical (unpaired) electrons. The maximum absolute atomic E-state index is 10.4. The number of nitriles is 1. The van der Waals surface area contributed by atoms with E-state index in [4.69, 9.17) is 0 Å². The van der Waals surface area contributed by atoms with Crippen LogP contribution in [0.15, 0.2) is 24.4 Å². The van der Waals surface area contributed by atoms with E-state index < -0.39 is 0 Å². The van der Waals surface area contributed by atoms with Crippen molar-refractivity contribution in [3.8, 4) is 6.07 Å². The molecule has 1 saturated heterocycles. The molecule has 0 saturated carbocycles. The predicted octanol–water partition coefficient (Wildman–Crippen LogP) is 5.51. The lowest BCUT2D eigenvalue weighted by Crippen LogP contribution is -2.33. The normalized spacial score (nSPS) is 26.3. The van der Waals surface area contributed by atoms with Gasteiger partial charge in [0.2, 0.25) is 0 Å². The highest BCUT2D eigenvalue weighted by Gasteiger charge is 2.35. The second-order valence-corrected chi connectivity index (χ2v) is 9.87. The standard InChI is InChI=1S/C24H31N3OS/c1-3-17-7-10-23(28)20-9-8-19(13-21(17)20)27-12-11-18(14-25)22(27)5-4-6-24-26-15-16(2)29-24/h8-9,13,15,17-18,22-23,28H,3-7,10-12H2,1-2H3. The van der Waals surface area contributed by atoms with Gasteiger partial charge in [0, 0.05) is 29.3 Å². The average molecular weight is 410 g/mol. The van der Waals surface area contributed by atoms with Crippen molar-refractivity contribution in [1.82, 2.24) is 4.98 Å². The molecule has 5 heteroatoms. The Morgan fingerprint density at radius 2 is 2.14 bits per heavy atom. The van der Waals surface area contributed by atoms with Crippen LogP contribution in [0.2, 0.25) is 0 Å². The first-order chi connectivity index (χ1) is 14.1. The second-order valence-electron chi connectivity index (χ2n) is 8.55. The van der Waals surface area contributed by atoms with Gasteiger partial charge in [-0.25, -0.2) is 4.98 Å². The third-order valence-electron chi connectivity index (χ3n) is 6.75. The SMILES string of the molecule is CCC1CCC(O)c2ccc(N3CCC(C#N)C3CCCc3ncc(C)s3)cc21. The fourth-order valence-corrected chi connectivity index (χ4v) is 5.98. The number of fused-ring (bicyclic) bond motifs is 1. The number of rotatable bonds is 6. The molecule has 1 fully saturated rings. The summed E-state index contributed by atoms with van der Waals surface area (Å²) in [6, 6.07) is 9.44. The molecule has 4 unspecified atom stereocenters. The molecule has 4 atom stereocenters. The molecule has 1 N–H and O–H groups in total. The number of aliphatic hydroxyl groups excluding tert-OH is 1. The number of nitrogens with zero attached hydrogens (tertiary/aromatic N) is 3. The Balaban J connectivity index is 1.52. The summed E-state index contributed by atoms with van der Waals surface area (Å²) in [4.78, 5) is 8.20. The topological polar surface area (TPSA) is 60.1 Å². The van der Waals surface area contributed by atoms with Gasteiger partial charge in [-0.2, -0.15) is 5.26 Å². The lowest BCUT2D eigenvalue weighted by Gasteiger charge is -2.32. The van der Waals surface area contributed by atoms with Crippen molar-refractivity contribution in [2.75, 3.05) is 11.4 Å². The number of aromatic nitrogens is 1. The molecule has 0 bridgehead atoms. The summed E-state index contributed by atoms with van der Waals surface area (Å²) < 4.78 is 0. The van der Waals surface area contributed by atoms with E-state index in [1.54, 1.807) is 11.3 Å². The van der Waals surface area contributed by atoms with Crippen molar-refractivity contribution < 1.29 is 5.11 Å². The van der Waals surface area contributed by atoms with Gasteiger partial charge in [0.25, 0.3) is 0 Å². The lowest BCUT2D eigenvalue weighted by atomic mass is 9.79. The highest BCUT2D eigenvalue weighted by Crippen LogP contribution is 2.42. The first-order valence-electron chi connectivity index (χ1n) is 11.0. The van der Waals surface area contributed by atoms with E-state index in [9.17, 15) is 10.4 Å². The van der Waals surface area contributed by atoms with E-state index in [1.807, 2.05) is 6.20 Å². The van der Waals surface area contributed by atoms with E-state index in [0.29, 0.717) is 5.92 Å². The molecule has 1 aliphatic heterocycles. The van der Waals surface area contributed by atoms with Crippen LogP contribution >= 0.6 is 11.3 Å². The quantitative estimate of drug-likeness (QED) is 0.683. The number of aryl methyl sites for hydroxylation is 2. The van der Waals surface area contributed by atoms with E-state index >= 15 is 0 Å². The summed E-state index contributed by atoms with van der Waals surface area (Å²) in [5.41, 5.74) is 3.66. The molecule has 2 aromatic rings. The van der Waals surface area contributed by atoms with Crippen LogP contribution in [0, 0.1) is 24.2 Å². The fraction of sp³-hybridized carbons (Fsp3) is 0.583. The number of aliphatic hydroxyl groups is 1. The molecule has 29 heavy (non-hydrogen) atoms. The Kier molecular flexibility index (Phi) is 6.22. The first kappa shape index (κ1) is 20.4. The zero-order chi connectivity index (χ0) is 20.4. The minimum atomic E-state index is -0.329. The number of thiazole rings is 1. The first-order valence-corrected chi connectivity index (χ1v) is 11.8. The Morgan fingerprint density at radius 1 is 1.28 bits per heavy atom. The van der Waals surface area contributed by atoms with Crippen LogP contribution in [0.25, 0.3) is 0 Å². The Hall–Kier alpha value is -1.90. The van der Waals surface area contributed by atoms with Crippen LogP contribution in [-0.2, 0) is 6.42 Å². The van der Waals surface area contributed by atoms with Gasteiger partial charge < -0.3 is 10.0 Å². The largest absolute Gasteiger partial charge is 0.388 e. The summed E-state index contributed by atoms with van der Waals surface area (Å²) in [7, 11) is 0.